The molecule has 0 saturated heterocycles. The summed E-state index contributed by atoms with van der Waals surface area (Å²) < 4.78 is 7.42. The summed E-state index contributed by atoms with van der Waals surface area (Å²) >= 11 is 6.00. The van der Waals surface area contributed by atoms with Crippen LogP contribution in [0.5, 0.6) is 0 Å². The molecule has 0 N–H and O–H groups in total. The third kappa shape index (κ3) is 1.33. The summed E-state index contributed by atoms with van der Waals surface area (Å²) in [5, 5.41) is 0.552. The van der Waals surface area contributed by atoms with Crippen LogP contribution in [0.2, 0.25) is 5.15 Å². The number of rotatable bonds is 0. The number of fused-ring (bicyclic) bond motifs is 3. The smallest absolute Gasteiger partial charge is 0.161 e. The molecule has 0 radical (unpaired) electrons. The van der Waals surface area contributed by atoms with Gasteiger partial charge in [-0.05, 0) is 18.6 Å². The standard InChI is InChI=1S/C10H10ClN3O/c1-6-4-7-10(13-9(6)11)14-2-3-15-5-8(14)12-7/h4H,2-3,5H2,1H3. The Kier molecular flexibility index (Phi) is 1.94. The van der Waals surface area contributed by atoms with E-state index in [2.05, 4.69) is 14.5 Å². The minimum absolute atomic E-state index is 0.552. The Labute approximate surface area is 91.8 Å². The third-order valence-corrected chi connectivity index (χ3v) is 3.00. The van der Waals surface area contributed by atoms with E-state index in [0.717, 1.165) is 29.1 Å². The topological polar surface area (TPSA) is 39.9 Å². The van der Waals surface area contributed by atoms with E-state index >= 15 is 0 Å². The lowest BCUT2D eigenvalue weighted by Gasteiger charge is -2.14. The molecule has 0 amide bonds. The average Bonchev–Trinajstić information content (AvgIpc) is 2.57. The molecule has 2 aromatic heterocycles. The first kappa shape index (κ1) is 9.12. The number of aryl methyl sites for hydroxylation is 1. The van der Waals surface area contributed by atoms with Crippen LogP contribution in [-0.2, 0) is 17.9 Å². The van der Waals surface area contributed by atoms with Crippen LogP contribution < -0.4 is 0 Å². The van der Waals surface area contributed by atoms with Gasteiger partial charge in [-0.25, -0.2) is 9.97 Å². The van der Waals surface area contributed by atoms with Gasteiger partial charge < -0.3 is 9.30 Å². The first-order valence-electron chi connectivity index (χ1n) is 4.86. The lowest BCUT2D eigenvalue weighted by atomic mass is 10.3. The van der Waals surface area contributed by atoms with Crippen LogP contribution >= 0.6 is 11.6 Å². The Morgan fingerprint density at radius 3 is 3.20 bits per heavy atom. The zero-order chi connectivity index (χ0) is 10.4. The molecule has 0 saturated carbocycles. The lowest BCUT2D eigenvalue weighted by molar-refractivity contribution is 0.0828. The summed E-state index contributed by atoms with van der Waals surface area (Å²) in [6.45, 7) is 4.01. The SMILES string of the molecule is Cc1cc2nc3n(c2nc1Cl)CCOC3. The molecule has 78 valence electrons. The van der Waals surface area contributed by atoms with Crippen LogP contribution in [0.25, 0.3) is 11.2 Å². The molecule has 2 aromatic rings. The van der Waals surface area contributed by atoms with E-state index in [1.807, 2.05) is 13.0 Å². The van der Waals surface area contributed by atoms with Crippen LogP contribution in [0.1, 0.15) is 11.4 Å². The van der Waals surface area contributed by atoms with Gasteiger partial charge in [-0.15, -0.1) is 0 Å². The van der Waals surface area contributed by atoms with Crippen molar-refractivity contribution >= 4 is 22.8 Å². The van der Waals surface area contributed by atoms with Crippen molar-refractivity contribution in [3.8, 4) is 0 Å². The van der Waals surface area contributed by atoms with E-state index in [9.17, 15) is 0 Å². The number of nitrogens with zero attached hydrogens (tertiary/aromatic N) is 3. The Morgan fingerprint density at radius 2 is 2.33 bits per heavy atom. The van der Waals surface area contributed by atoms with Gasteiger partial charge in [0.05, 0.1) is 6.61 Å². The highest BCUT2D eigenvalue weighted by molar-refractivity contribution is 6.30. The van der Waals surface area contributed by atoms with Crippen molar-refractivity contribution in [1.29, 1.82) is 0 Å². The second kappa shape index (κ2) is 3.18. The Bertz CT molecular complexity index is 535. The minimum Gasteiger partial charge on any atom is -0.372 e. The van der Waals surface area contributed by atoms with Gasteiger partial charge in [0.15, 0.2) is 5.65 Å². The van der Waals surface area contributed by atoms with Gasteiger partial charge >= 0.3 is 0 Å². The predicted octanol–water partition coefficient (Wildman–Crippen LogP) is 1.92. The molecule has 0 bridgehead atoms. The summed E-state index contributed by atoms with van der Waals surface area (Å²) in [6.07, 6.45) is 0. The number of hydrogen-bond acceptors (Lipinski definition) is 3. The van der Waals surface area contributed by atoms with Gasteiger partial charge in [-0.2, -0.15) is 0 Å². The summed E-state index contributed by atoms with van der Waals surface area (Å²) in [4.78, 5) is 8.83. The van der Waals surface area contributed by atoms with E-state index in [0.29, 0.717) is 18.4 Å². The quantitative estimate of drug-likeness (QED) is 0.641. The van der Waals surface area contributed by atoms with Gasteiger partial charge in [-0.1, -0.05) is 11.6 Å². The van der Waals surface area contributed by atoms with E-state index < -0.39 is 0 Å². The molecule has 0 aromatic carbocycles. The monoisotopic (exact) mass is 223 g/mol. The molecule has 1 aliphatic rings. The van der Waals surface area contributed by atoms with Crippen LogP contribution in [0, 0.1) is 6.92 Å². The number of aromatic nitrogens is 3. The van der Waals surface area contributed by atoms with Crippen LogP contribution in [0.4, 0.5) is 0 Å². The number of halogens is 1. The molecule has 0 fully saturated rings. The summed E-state index contributed by atoms with van der Waals surface area (Å²) in [7, 11) is 0. The highest BCUT2D eigenvalue weighted by atomic mass is 35.5. The Hall–Kier alpha value is -1.13. The maximum absolute atomic E-state index is 6.00. The van der Waals surface area contributed by atoms with Crippen molar-refractivity contribution in [2.24, 2.45) is 0 Å². The second-order valence-electron chi connectivity index (χ2n) is 3.67. The third-order valence-electron chi connectivity index (χ3n) is 2.62. The molecule has 0 atom stereocenters. The zero-order valence-corrected chi connectivity index (χ0v) is 9.08. The largest absolute Gasteiger partial charge is 0.372 e. The fourth-order valence-electron chi connectivity index (χ4n) is 1.83. The highest BCUT2D eigenvalue weighted by Crippen LogP contribution is 2.22. The van der Waals surface area contributed by atoms with Crippen molar-refractivity contribution < 1.29 is 4.74 Å². The molecule has 3 heterocycles. The van der Waals surface area contributed by atoms with Crippen LogP contribution in [0.3, 0.4) is 0 Å². The van der Waals surface area contributed by atoms with Crippen molar-refractivity contribution in [2.75, 3.05) is 6.61 Å². The number of imidazole rings is 1. The minimum atomic E-state index is 0.552. The molecule has 5 heteroatoms. The van der Waals surface area contributed by atoms with Crippen molar-refractivity contribution in [2.45, 2.75) is 20.1 Å². The number of hydrogen-bond donors (Lipinski definition) is 0. The highest BCUT2D eigenvalue weighted by Gasteiger charge is 2.16. The summed E-state index contributed by atoms with van der Waals surface area (Å²) in [5.41, 5.74) is 2.72. The van der Waals surface area contributed by atoms with Gasteiger partial charge in [0.1, 0.15) is 23.1 Å². The van der Waals surface area contributed by atoms with E-state index in [-0.39, 0.29) is 0 Å². The first-order chi connectivity index (χ1) is 7.25. The fourth-order valence-corrected chi connectivity index (χ4v) is 1.97. The molecule has 3 rings (SSSR count). The van der Waals surface area contributed by atoms with Crippen molar-refractivity contribution in [3.63, 3.8) is 0 Å². The fraction of sp³-hybridized carbons (Fsp3) is 0.400. The van der Waals surface area contributed by atoms with Gasteiger partial charge in [-0.3, -0.25) is 0 Å². The van der Waals surface area contributed by atoms with Gasteiger partial charge in [0.25, 0.3) is 0 Å². The normalized spacial score (nSPS) is 15.6. The maximum atomic E-state index is 6.00. The maximum Gasteiger partial charge on any atom is 0.161 e. The molecule has 0 unspecified atom stereocenters. The molecule has 1 aliphatic heterocycles. The van der Waals surface area contributed by atoms with Crippen molar-refractivity contribution in [1.82, 2.24) is 14.5 Å². The summed E-state index contributed by atoms with van der Waals surface area (Å²) in [6, 6.07) is 1.97. The molecular formula is C10H10ClN3O. The van der Waals surface area contributed by atoms with E-state index in [4.69, 9.17) is 16.3 Å². The molecule has 0 aliphatic carbocycles. The zero-order valence-electron chi connectivity index (χ0n) is 8.33. The van der Waals surface area contributed by atoms with E-state index in [1.54, 1.807) is 0 Å². The van der Waals surface area contributed by atoms with Crippen LogP contribution in [-0.4, -0.2) is 21.1 Å². The second-order valence-corrected chi connectivity index (χ2v) is 4.03. The van der Waals surface area contributed by atoms with Crippen LogP contribution in [0.15, 0.2) is 6.07 Å². The molecular weight excluding hydrogens is 214 g/mol. The van der Waals surface area contributed by atoms with Crippen molar-refractivity contribution in [3.05, 3.63) is 22.6 Å². The number of ether oxygens (including phenoxy) is 1. The Morgan fingerprint density at radius 1 is 1.47 bits per heavy atom. The first-order valence-corrected chi connectivity index (χ1v) is 5.23. The average molecular weight is 224 g/mol. The van der Waals surface area contributed by atoms with Gasteiger partial charge in [0, 0.05) is 6.54 Å². The molecule has 0 spiro atoms. The van der Waals surface area contributed by atoms with Gasteiger partial charge in [0.2, 0.25) is 0 Å². The lowest BCUT2D eigenvalue weighted by Crippen LogP contribution is -2.16. The number of pyridine rings is 1. The predicted molar refractivity (Wildman–Crippen MR) is 56.9 cm³/mol. The molecule has 15 heavy (non-hydrogen) atoms. The molecule has 4 nitrogen and oxygen atoms in total. The summed E-state index contributed by atoms with van der Waals surface area (Å²) in [5.74, 6) is 0.936. The van der Waals surface area contributed by atoms with E-state index in [1.165, 1.54) is 0 Å². The Balaban J connectivity index is 2.33.